The van der Waals surface area contributed by atoms with E-state index >= 15 is 0 Å². The summed E-state index contributed by atoms with van der Waals surface area (Å²) in [5, 5.41) is 0. The number of rotatable bonds is 4. The third-order valence-electron chi connectivity index (χ3n) is 2.03. The number of hydrogen-bond donors (Lipinski definition) is 1. The normalized spacial score (nSPS) is 12.4. The Morgan fingerprint density at radius 2 is 1.78 bits per heavy atom. The van der Waals surface area contributed by atoms with Gasteiger partial charge in [-0.05, 0) is 11.6 Å². The van der Waals surface area contributed by atoms with E-state index in [4.69, 9.17) is 5.73 Å². The smallest absolute Gasteiger partial charge is 0.369 e. The topological polar surface area (TPSA) is 77.2 Å². The van der Waals surface area contributed by atoms with Gasteiger partial charge < -0.3 is 5.73 Å². The number of carbonyl (C=O) groups excluding carboxylic acids is 1. The molecule has 0 aromatic heterocycles. The molecule has 0 aliphatic heterocycles. The fraction of sp³-hybridized carbons (Fsp3) is 0.300. The van der Waals surface area contributed by atoms with Gasteiger partial charge in [-0.1, -0.05) is 18.2 Å². The van der Waals surface area contributed by atoms with Crippen LogP contribution >= 0.6 is 0 Å². The van der Waals surface area contributed by atoms with Crippen LogP contribution in [0, 0.1) is 0 Å². The van der Waals surface area contributed by atoms with Gasteiger partial charge in [-0.3, -0.25) is 4.79 Å². The van der Waals surface area contributed by atoms with Gasteiger partial charge in [-0.2, -0.15) is 13.2 Å². The van der Waals surface area contributed by atoms with Crippen molar-refractivity contribution in [3.05, 3.63) is 29.8 Å². The molecule has 0 unspecified atom stereocenters. The highest BCUT2D eigenvalue weighted by Gasteiger charge is 2.36. The first kappa shape index (κ1) is 14.5. The lowest BCUT2D eigenvalue weighted by molar-refractivity contribution is -0.117. The number of carbonyl (C=O) groups is 1. The summed E-state index contributed by atoms with van der Waals surface area (Å²) in [5.74, 6) is -2.78. The maximum atomic E-state index is 12.2. The number of halogens is 3. The Balaban J connectivity index is 3.20. The molecule has 0 heterocycles. The Hall–Kier alpha value is -1.57. The summed E-state index contributed by atoms with van der Waals surface area (Å²) >= 11 is 0. The van der Waals surface area contributed by atoms with Crippen LogP contribution in [-0.4, -0.2) is 26.3 Å². The molecule has 0 atom stereocenters. The summed E-state index contributed by atoms with van der Waals surface area (Å²) in [5.41, 5.74) is 4.87. The Kier molecular flexibility index (Phi) is 4.00. The van der Waals surface area contributed by atoms with Gasteiger partial charge in [0.25, 0.3) is 0 Å². The van der Waals surface area contributed by atoms with Crippen LogP contribution in [0.25, 0.3) is 0 Å². The van der Waals surface area contributed by atoms with Crippen molar-refractivity contribution in [2.45, 2.75) is 17.5 Å². The monoisotopic (exact) mass is 281 g/mol. The van der Waals surface area contributed by atoms with Gasteiger partial charge in [0.1, 0.15) is 0 Å². The largest absolute Gasteiger partial charge is 0.403 e. The lowest BCUT2D eigenvalue weighted by Crippen LogP contribution is -2.24. The van der Waals surface area contributed by atoms with Gasteiger partial charge >= 0.3 is 6.18 Å². The Labute approximate surface area is 102 Å². The number of benzene rings is 1. The molecule has 0 radical (unpaired) electrons. The van der Waals surface area contributed by atoms with Crippen molar-refractivity contribution < 1.29 is 26.4 Å². The maximum Gasteiger partial charge on any atom is 0.403 e. The molecule has 0 bridgehead atoms. The minimum atomic E-state index is -4.83. The number of amides is 1. The lowest BCUT2D eigenvalue weighted by Gasteiger charge is -2.11. The van der Waals surface area contributed by atoms with E-state index in [9.17, 15) is 26.4 Å². The van der Waals surface area contributed by atoms with E-state index in [-0.39, 0.29) is 5.56 Å². The molecule has 0 fully saturated rings. The van der Waals surface area contributed by atoms with Crippen LogP contribution in [-0.2, 0) is 21.1 Å². The molecule has 0 saturated heterocycles. The number of alkyl halides is 3. The minimum Gasteiger partial charge on any atom is -0.369 e. The third kappa shape index (κ3) is 4.02. The zero-order chi connectivity index (χ0) is 14.0. The molecule has 1 rings (SSSR count). The van der Waals surface area contributed by atoms with E-state index in [1.165, 1.54) is 18.2 Å². The molecule has 100 valence electrons. The summed E-state index contributed by atoms with van der Waals surface area (Å²) in [6.07, 6.45) is -5.26. The zero-order valence-corrected chi connectivity index (χ0v) is 9.88. The van der Waals surface area contributed by atoms with Gasteiger partial charge in [0.15, 0.2) is 15.6 Å². The lowest BCUT2D eigenvalue weighted by atomic mass is 10.1. The highest BCUT2D eigenvalue weighted by Crippen LogP contribution is 2.24. The Bertz CT molecular complexity index is 552. The quantitative estimate of drug-likeness (QED) is 0.896. The van der Waals surface area contributed by atoms with Crippen molar-refractivity contribution in [1.29, 1.82) is 0 Å². The van der Waals surface area contributed by atoms with Gasteiger partial charge in [-0.25, -0.2) is 8.42 Å². The number of nitrogens with two attached hydrogens (primary N) is 1. The maximum absolute atomic E-state index is 12.2. The van der Waals surface area contributed by atoms with Crippen LogP contribution in [0.2, 0.25) is 0 Å². The van der Waals surface area contributed by atoms with E-state index in [0.717, 1.165) is 6.07 Å². The first-order chi connectivity index (χ1) is 8.12. The van der Waals surface area contributed by atoms with Gasteiger partial charge in [0, 0.05) is 0 Å². The van der Waals surface area contributed by atoms with Crippen molar-refractivity contribution in [2.24, 2.45) is 5.73 Å². The van der Waals surface area contributed by atoms with Gasteiger partial charge in [0.2, 0.25) is 5.91 Å². The van der Waals surface area contributed by atoms with Crippen molar-refractivity contribution in [3.8, 4) is 0 Å². The van der Waals surface area contributed by atoms with Crippen LogP contribution in [0.3, 0.4) is 0 Å². The SMILES string of the molecule is NC(=O)Cc1ccccc1S(=O)(=O)CC(F)(F)F. The van der Waals surface area contributed by atoms with Crippen LogP contribution < -0.4 is 5.73 Å². The minimum absolute atomic E-state index is 0.0331. The predicted molar refractivity (Wildman–Crippen MR) is 57.4 cm³/mol. The fourth-order valence-electron chi connectivity index (χ4n) is 1.43. The number of primary amides is 1. The molecular formula is C10H10F3NO3S. The Morgan fingerprint density at radius 3 is 2.28 bits per heavy atom. The molecule has 1 aromatic carbocycles. The number of hydrogen-bond acceptors (Lipinski definition) is 3. The van der Waals surface area contributed by atoms with Crippen LogP contribution in [0.15, 0.2) is 29.2 Å². The van der Waals surface area contributed by atoms with Crippen LogP contribution in [0.1, 0.15) is 5.56 Å². The molecule has 0 spiro atoms. The van der Waals surface area contributed by atoms with E-state index in [0.29, 0.717) is 0 Å². The molecule has 8 heteroatoms. The molecule has 1 aromatic rings. The Morgan fingerprint density at radius 1 is 1.22 bits per heavy atom. The molecule has 2 N–H and O–H groups in total. The standard InChI is InChI=1S/C10H10F3NO3S/c11-10(12,13)6-18(16,17)8-4-2-1-3-7(8)5-9(14)15/h1-4H,5-6H2,(H2,14,15). The first-order valence-electron chi connectivity index (χ1n) is 4.77. The molecule has 18 heavy (non-hydrogen) atoms. The number of sulfone groups is 1. The van der Waals surface area contributed by atoms with E-state index < -0.39 is 39.0 Å². The van der Waals surface area contributed by atoms with Crippen LogP contribution in [0.4, 0.5) is 13.2 Å². The molecule has 0 saturated carbocycles. The third-order valence-corrected chi connectivity index (χ3v) is 3.80. The average Bonchev–Trinajstić information content (AvgIpc) is 2.13. The first-order valence-corrected chi connectivity index (χ1v) is 6.43. The second-order valence-electron chi connectivity index (χ2n) is 3.63. The summed E-state index contributed by atoms with van der Waals surface area (Å²) in [6.45, 7) is 0. The summed E-state index contributed by atoms with van der Waals surface area (Å²) in [6, 6.07) is 4.99. The summed E-state index contributed by atoms with van der Waals surface area (Å²) in [7, 11) is -4.53. The molecular weight excluding hydrogens is 271 g/mol. The molecule has 1 amide bonds. The van der Waals surface area contributed by atoms with Crippen molar-refractivity contribution in [3.63, 3.8) is 0 Å². The predicted octanol–water partition coefficient (Wildman–Crippen LogP) is 1.05. The molecule has 4 nitrogen and oxygen atoms in total. The highest BCUT2D eigenvalue weighted by atomic mass is 32.2. The summed E-state index contributed by atoms with van der Waals surface area (Å²) in [4.78, 5) is 10.2. The van der Waals surface area contributed by atoms with Crippen molar-refractivity contribution >= 4 is 15.7 Å². The fourth-order valence-corrected chi connectivity index (χ4v) is 2.85. The van der Waals surface area contributed by atoms with E-state index in [1.807, 2.05) is 0 Å². The molecule has 0 aliphatic rings. The van der Waals surface area contributed by atoms with Gasteiger partial charge in [0.05, 0.1) is 11.3 Å². The van der Waals surface area contributed by atoms with Crippen molar-refractivity contribution in [2.75, 3.05) is 5.75 Å². The zero-order valence-electron chi connectivity index (χ0n) is 9.07. The summed E-state index contributed by atoms with van der Waals surface area (Å²) < 4.78 is 59.6. The second-order valence-corrected chi connectivity index (χ2v) is 5.58. The van der Waals surface area contributed by atoms with E-state index in [1.54, 1.807) is 0 Å². The van der Waals surface area contributed by atoms with E-state index in [2.05, 4.69) is 0 Å². The average molecular weight is 281 g/mol. The second kappa shape index (κ2) is 4.97. The van der Waals surface area contributed by atoms with Crippen LogP contribution in [0.5, 0.6) is 0 Å². The van der Waals surface area contributed by atoms with Crippen molar-refractivity contribution in [1.82, 2.24) is 0 Å². The highest BCUT2D eigenvalue weighted by molar-refractivity contribution is 7.91. The molecule has 0 aliphatic carbocycles. The van der Waals surface area contributed by atoms with Gasteiger partial charge in [-0.15, -0.1) is 0 Å².